The Bertz CT molecular complexity index is 1380. The Morgan fingerprint density at radius 2 is 2.06 bits per heavy atom. The molecule has 4 aromatic rings. The van der Waals surface area contributed by atoms with Gasteiger partial charge in [-0.2, -0.15) is 5.10 Å². The van der Waals surface area contributed by atoms with Gasteiger partial charge in [0.1, 0.15) is 5.39 Å². The van der Waals surface area contributed by atoms with Gasteiger partial charge in [0.15, 0.2) is 22.3 Å². The monoisotopic (exact) mass is 449 g/mol. The lowest BCUT2D eigenvalue weighted by Crippen LogP contribution is -2.24. The van der Waals surface area contributed by atoms with E-state index in [1.807, 2.05) is 49.4 Å². The Morgan fingerprint density at radius 1 is 1.22 bits per heavy atom. The van der Waals surface area contributed by atoms with Crippen molar-refractivity contribution >= 4 is 28.7 Å². The summed E-state index contributed by atoms with van der Waals surface area (Å²) in [4.78, 5) is 32.1. The van der Waals surface area contributed by atoms with Gasteiger partial charge in [0.05, 0.1) is 17.6 Å². The van der Waals surface area contributed by atoms with Gasteiger partial charge >= 0.3 is 0 Å². The topological polar surface area (TPSA) is 111 Å². The van der Waals surface area contributed by atoms with Crippen LogP contribution in [-0.4, -0.2) is 38.2 Å². The highest BCUT2D eigenvalue weighted by molar-refractivity contribution is 7.99. The van der Waals surface area contributed by atoms with Gasteiger partial charge in [-0.05, 0) is 36.2 Å². The van der Waals surface area contributed by atoms with Crippen molar-refractivity contribution in [3.8, 4) is 17.2 Å². The van der Waals surface area contributed by atoms with Crippen LogP contribution in [0.4, 0.5) is 0 Å². The highest BCUT2D eigenvalue weighted by Crippen LogP contribution is 2.32. The fraction of sp³-hybridized carbons (Fsp3) is 0.182. The maximum Gasteiger partial charge on any atom is 0.262 e. The Morgan fingerprint density at radius 3 is 2.94 bits per heavy atom. The van der Waals surface area contributed by atoms with Crippen LogP contribution >= 0.6 is 11.8 Å². The van der Waals surface area contributed by atoms with E-state index in [-0.39, 0.29) is 24.0 Å². The van der Waals surface area contributed by atoms with E-state index >= 15 is 0 Å². The average molecular weight is 449 g/mol. The van der Waals surface area contributed by atoms with E-state index in [4.69, 9.17) is 9.47 Å². The summed E-state index contributed by atoms with van der Waals surface area (Å²) < 4.78 is 12.3. The summed E-state index contributed by atoms with van der Waals surface area (Å²) >= 11 is 1.16. The lowest BCUT2D eigenvalue weighted by atomic mass is 10.2. The van der Waals surface area contributed by atoms with Gasteiger partial charge < -0.3 is 19.8 Å². The molecule has 0 radical (unpaired) electrons. The first kappa shape index (κ1) is 20.1. The minimum absolute atomic E-state index is 0.109. The molecule has 0 saturated carbocycles. The maximum atomic E-state index is 12.5. The second-order valence-corrected chi connectivity index (χ2v) is 8.17. The van der Waals surface area contributed by atoms with E-state index in [9.17, 15) is 9.59 Å². The van der Waals surface area contributed by atoms with Crippen molar-refractivity contribution in [2.75, 3.05) is 12.5 Å². The van der Waals surface area contributed by atoms with E-state index < -0.39 is 0 Å². The minimum Gasteiger partial charge on any atom is -0.454 e. The van der Waals surface area contributed by atoms with Gasteiger partial charge in [0, 0.05) is 6.54 Å². The number of carbonyl (C=O) groups is 1. The van der Waals surface area contributed by atoms with E-state index in [0.717, 1.165) is 28.6 Å². The molecular weight excluding hydrogens is 430 g/mol. The van der Waals surface area contributed by atoms with E-state index in [2.05, 4.69) is 20.4 Å². The van der Waals surface area contributed by atoms with Crippen LogP contribution < -0.4 is 20.3 Å². The number of hydrogen-bond donors (Lipinski definition) is 2. The van der Waals surface area contributed by atoms with Crippen LogP contribution in [-0.2, 0) is 11.3 Å². The zero-order chi connectivity index (χ0) is 22.1. The summed E-state index contributed by atoms with van der Waals surface area (Å²) in [5.41, 5.74) is 2.92. The first-order valence-electron chi connectivity index (χ1n) is 9.90. The number of para-hydroxylation sites is 1. The van der Waals surface area contributed by atoms with Crippen molar-refractivity contribution in [2.45, 2.75) is 18.6 Å². The normalized spacial score (nSPS) is 12.3. The number of thioether (sulfide) groups is 1. The molecule has 0 bridgehead atoms. The molecular formula is C22H19N5O4S. The van der Waals surface area contributed by atoms with Gasteiger partial charge in [-0.25, -0.2) is 9.67 Å². The minimum atomic E-state index is -0.293. The second-order valence-electron chi connectivity index (χ2n) is 7.20. The molecule has 0 unspecified atom stereocenters. The molecule has 0 aliphatic carbocycles. The fourth-order valence-electron chi connectivity index (χ4n) is 3.38. The highest BCUT2D eigenvalue weighted by atomic mass is 32.2. The fourth-order valence-corrected chi connectivity index (χ4v) is 4.07. The van der Waals surface area contributed by atoms with Gasteiger partial charge in [-0.15, -0.1) is 0 Å². The Labute approximate surface area is 186 Å². The van der Waals surface area contributed by atoms with Crippen molar-refractivity contribution in [2.24, 2.45) is 0 Å². The number of ether oxygens (including phenoxy) is 2. The molecule has 0 fully saturated rings. The van der Waals surface area contributed by atoms with Crippen molar-refractivity contribution in [3.05, 3.63) is 70.1 Å². The molecule has 32 heavy (non-hydrogen) atoms. The van der Waals surface area contributed by atoms with Crippen LogP contribution in [0.3, 0.4) is 0 Å². The molecule has 2 N–H and O–H groups in total. The number of benzene rings is 2. The molecule has 10 heteroatoms. The van der Waals surface area contributed by atoms with Crippen molar-refractivity contribution in [1.29, 1.82) is 0 Å². The number of aromatic amines is 1. The standard InChI is InChI=1S/C22H19N5O4S/c1-13-4-2-3-5-16(13)27-20-15(10-24-27)21(29)26-22(25-20)32-11-19(28)23-9-14-6-7-17-18(8-14)31-12-30-17/h2-8,10H,9,11-12H2,1H3,(H,23,28)(H,25,26,29). The van der Waals surface area contributed by atoms with Crippen LogP contribution in [0.5, 0.6) is 11.5 Å². The number of rotatable bonds is 6. The predicted molar refractivity (Wildman–Crippen MR) is 119 cm³/mol. The molecule has 0 spiro atoms. The molecule has 0 saturated heterocycles. The lowest BCUT2D eigenvalue weighted by molar-refractivity contribution is -0.118. The number of fused-ring (bicyclic) bond motifs is 2. The summed E-state index contributed by atoms with van der Waals surface area (Å²) in [6, 6.07) is 13.3. The Kier molecular flexibility index (Phi) is 5.28. The van der Waals surface area contributed by atoms with Crippen LogP contribution in [0, 0.1) is 6.92 Å². The predicted octanol–water partition coefficient (Wildman–Crippen LogP) is 2.55. The quantitative estimate of drug-likeness (QED) is 0.344. The van der Waals surface area contributed by atoms with Gasteiger partial charge in [0.25, 0.3) is 5.56 Å². The lowest BCUT2D eigenvalue weighted by Gasteiger charge is -2.08. The SMILES string of the molecule is Cc1ccccc1-n1ncc2c(=O)[nH]c(SCC(=O)NCc3ccc4c(c3)OCO4)nc21. The Hall–Kier alpha value is -3.79. The molecule has 162 valence electrons. The average Bonchev–Trinajstić information content (AvgIpc) is 3.43. The number of amides is 1. The van der Waals surface area contributed by atoms with Gasteiger partial charge in [-0.3, -0.25) is 9.59 Å². The first-order valence-corrected chi connectivity index (χ1v) is 10.9. The third-order valence-electron chi connectivity index (χ3n) is 5.03. The smallest absolute Gasteiger partial charge is 0.262 e. The number of aromatic nitrogens is 4. The third-order valence-corrected chi connectivity index (χ3v) is 5.90. The van der Waals surface area contributed by atoms with Crippen molar-refractivity contribution in [3.63, 3.8) is 0 Å². The number of hydrogen-bond acceptors (Lipinski definition) is 7. The molecule has 2 aromatic carbocycles. The molecule has 5 rings (SSSR count). The summed E-state index contributed by atoms with van der Waals surface area (Å²) in [7, 11) is 0. The second kappa shape index (κ2) is 8.39. The molecule has 9 nitrogen and oxygen atoms in total. The third kappa shape index (κ3) is 3.92. The number of H-pyrrole nitrogens is 1. The van der Waals surface area contributed by atoms with Crippen LogP contribution in [0.1, 0.15) is 11.1 Å². The van der Waals surface area contributed by atoms with E-state index in [1.54, 1.807) is 4.68 Å². The Balaban J connectivity index is 1.28. The summed E-state index contributed by atoms with van der Waals surface area (Å²) in [5, 5.41) is 7.95. The van der Waals surface area contributed by atoms with Gasteiger partial charge in [-0.1, -0.05) is 36.0 Å². The first-order chi connectivity index (χ1) is 15.6. The zero-order valence-corrected chi connectivity index (χ0v) is 17.9. The van der Waals surface area contributed by atoms with Crippen molar-refractivity contribution in [1.82, 2.24) is 25.1 Å². The van der Waals surface area contributed by atoms with Gasteiger partial charge in [0.2, 0.25) is 12.7 Å². The molecule has 3 heterocycles. The number of nitrogens with zero attached hydrogens (tertiary/aromatic N) is 3. The van der Waals surface area contributed by atoms with E-state index in [0.29, 0.717) is 34.2 Å². The molecule has 1 amide bonds. The van der Waals surface area contributed by atoms with Crippen LogP contribution in [0.15, 0.2) is 58.6 Å². The summed E-state index contributed by atoms with van der Waals surface area (Å²) in [6.45, 7) is 2.54. The molecule has 1 aliphatic heterocycles. The summed E-state index contributed by atoms with van der Waals surface area (Å²) in [6.07, 6.45) is 1.50. The zero-order valence-electron chi connectivity index (χ0n) is 17.1. The summed E-state index contributed by atoms with van der Waals surface area (Å²) in [5.74, 6) is 1.30. The highest BCUT2D eigenvalue weighted by Gasteiger charge is 2.15. The number of carbonyl (C=O) groups excluding carboxylic acids is 1. The molecule has 0 atom stereocenters. The van der Waals surface area contributed by atoms with E-state index in [1.165, 1.54) is 6.20 Å². The molecule has 2 aromatic heterocycles. The number of aryl methyl sites for hydroxylation is 1. The molecule has 1 aliphatic rings. The number of nitrogens with one attached hydrogen (secondary N) is 2. The van der Waals surface area contributed by atoms with Crippen molar-refractivity contribution < 1.29 is 14.3 Å². The largest absolute Gasteiger partial charge is 0.454 e. The maximum absolute atomic E-state index is 12.5. The van der Waals surface area contributed by atoms with Crippen LogP contribution in [0.25, 0.3) is 16.7 Å². The van der Waals surface area contributed by atoms with Crippen LogP contribution in [0.2, 0.25) is 0 Å².